The second-order valence-electron chi connectivity index (χ2n) is 5.18. The van der Waals surface area contributed by atoms with Crippen molar-refractivity contribution in [3.05, 3.63) is 65.7 Å². The van der Waals surface area contributed by atoms with Crippen molar-refractivity contribution in [2.75, 3.05) is 4.90 Å². The van der Waals surface area contributed by atoms with Crippen LogP contribution in [0.2, 0.25) is 0 Å². The molecule has 2 heteroatoms. The van der Waals surface area contributed by atoms with Gasteiger partial charge in [0.05, 0.1) is 0 Å². The van der Waals surface area contributed by atoms with Crippen LogP contribution in [0.1, 0.15) is 24.0 Å². The zero-order valence-corrected chi connectivity index (χ0v) is 11.1. The van der Waals surface area contributed by atoms with Crippen molar-refractivity contribution < 1.29 is 0 Å². The number of benzene rings is 2. The second-order valence-corrected chi connectivity index (χ2v) is 5.18. The third-order valence-corrected chi connectivity index (χ3v) is 3.70. The first-order valence-electron chi connectivity index (χ1n) is 6.97. The normalized spacial score (nSPS) is 14.4. The predicted molar refractivity (Wildman–Crippen MR) is 80.0 cm³/mol. The molecule has 2 aromatic rings. The van der Waals surface area contributed by atoms with Gasteiger partial charge in [-0.15, -0.1) is 0 Å². The van der Waals surface area contributed by atoms with Gasteiger partial charge in [-0.1, -0.05) is 48.5 Å². The van der Waals surface area contributed by atoms with E-state index in [2.05, 4.69) is 59.5 Å². The van der Waals surface area contributed by atoms with Crippen LogP contribution in [0, 0.1) is 0 Å². The molecule has 0 unspecified atom stereocenters. The van der Waals surface area contributed by atoms with Gasteiger partial charge < -0.3 is 10.6 Å². The molecule has 0 aromatic heterocycles. The van der Waals surface area contributed by atoms with E-state index in [0.717, 1.165) is 6.54 Å². The molecule has 98 valence electrons. The largest absolute Gasteiger partial charge is 0.364 e. The lowest BCUT2D eigenvalue weighted by molar-refractivity contribution is 0.786. The lowest BCUT2D eigenvalue weighted by Gasteiger charge is -2.27. The molecule has 1 aliphatic carbocycles. The number of anilines is 1. The lowest BCUT2D eigenvalue weighted by atomic mass is 10.1. The monoisotopic (exact) mass is 252 g/mol. The summed E-state index contributed by atoms with van der Waals surface area (Å²) in [5.41, 5.74) is 9.78. The Hall–Kier alpha value is -1.80. The topological polar surface area (TPSA) is 29.3 Å². The molecule has 19 heavy (non-hydrogen) atoms. The van der Waals surface area contributed by atoms with Crippen LogP contribution in [-0.4, -0.2) is 6.04 Å². The Labute approximate surface area is 114 Å². The molecular weight excluding hydrogens is 232 g/mol. The van der Waals surface area contributed by atoms with Crippen molar-refractivity contribution in [2.45, 2.75) is 32.0 Å². The van der Waals surface area contributed by atoms with Gasteiger partial charge in [-0.3, -0.25) is 0 Å². The number of hydrogen-bond donors (Lipinski definition) is 1. The highest BCUT2D eigenvalue weighted by molar-refractivity contribution is 5.55. The first-order chi connectivity index (χ1) is 9.38. The summed E-state index contributed by atoms with van der Waals surface area (Å²) < 4.78 is 0. The number of nitrogens with two attached hydrogens (primary N) is 1. The van der Waals surface area contributed by atoms with Gasteiger partial charge in [0.2, 0.25) is 0 Å². The maximum atomic E-state index is 5.88. The van der Waals surface area contributed by atoms with Crippen LogP contribution in [0.15, 0.2) is 54.6 Å². The number of nitrogens with zero attached hydrogens (tertiary/aromatic N) is 1. The fourth-order valence-corrected chi connectivity index (χ4v) is 2.54. The smallest absolute Gasteiger partial charge is 0.0432 e. The maximum Gasteiger partial charge on any atom is 0.0432 e. The molecule has 1 saturated carbocycles. The van der Waals surface area contributed by atoms with E-state index in [1.165, 1.54) is 29.7 Å². The first kappa shape index (κ1) is 12.2. The minimum absolute atomic E-state index is 0.605. The van der Waals surface area contributed by atoms with E-state index in [9.17, 15) is 0 Å². The number of para-hydroxylation sites is 1. The van der Waals surface area contributed by atoms with E-state index >= 15 is 0 Å². The minimum Gasteiger partial charge on any atom is -0.364 e. The highest BCUT2D eigenvalue weighted by Crippen LogP contribution is 2.34. The molecule has 0 aliphatic heterocycles. The molecule has 3 rings (SSSR count). The second kappa shape index (κ2) is 5.45. The van der Waals surface area contributed by atoms with Crippen molar-refractivity contribution in [3.63, 3.8) is 0 Å². The van der Waals surface area contributed by atoms with E-state index in [0.29, 0.717) is 12.6 Å². The summed E-state index contributed by atoms with van der Waals surface area (Å²) in [5, 5.41) is 0. The highest BCUT2D eigenvalue weighted by atomic mass is 15.2. The van der Waals surface area contributed by atoms with Gasteiger partial charge in [-0.05, 0) is 30.0 Å². The van der Waals surface area contributed by atoms with E-state index in [4.69, 9.17) is 5.73 Å². The molecule has 2 aromatic carbocycles. The fraction of sp³-hybridized carbons (Fsp3) is 0.294. The molecule has 1 fully saturated rings. The Morgan fingerprint density at radius 1 is 0.947 bits per heavy atom. The Morgan fingerprint density at radius 2 is 1.63 bits per heavy atom. The SMILES string of the molecule is NCc1ccccc1N(Cc1ccccc1)C1CC1. The standard InChI is InChI=1S/C17H20N2/c18-12-15-8-4-5-9-17(15)19(16-10-11-16)13-14-6-2-1-3-7-14/h1-9,16H,10-13,18H2. The van der Waals surface area contributed by atoms with Crippen LogP contribution >= 0.6 is 0 Å². The Balaban J connectivity index is 1.89. The third kappa shape index (κ3) is 2.79. The Morgan fingerprint density at radius 3 is 2.32 bits per heavy atom. The summed E-state index contributed by atoms with van der Waals surface area (Å²) in [6.45, 7) is 1.58. The lowest BCUT2D eigenvalue weighted by Crippen LogP contribution is -2.26. The third-order valence-electron chi connectivity index (χ3n) is 3.70. The van der Waals surface area contributed by atoms with Crippen molar-refractivity contribution in [3.8, 4) is 0 Å². The molecular formula is C17H20N2. The van der Waals surface area contributed by atoms with E-state index in [1.54, 1.807) is 0 Å². The van der Waals surface area contributed by atoms with E-state index < -0.39 is 0 Å². The molecule has 0 spiro atoms. The van der Waals surface area contributed by atoms with Crippen molar-refractivity contribution in [2.24, 2.45) is 5.73 Å². The van der Waals surface area contributed by atoms with Gasteiger partial charge >= 0.3 is 0 Å². The summed E-state index contributed by atoms with van der Waals surface area (Å²) in [7, 11) is 0. The van der Waals surface area contributed by atoms with Crippen LogP contribution in [0.25, 0.3) is 0 Å². The highest BCUT2D eigenvalue weighted by Gasteiger charge is 2.30. The molecule has 2 nitrogen and oxygen atoms in total. The fourth-order valence-electron chi connectivity index (χ4n) is 2.54. The van der Waals surface area contributed by atoms with E-state index in [1.807, 2.05) is 0 Å². The van der Waals surface area contributed by atoms with Crippen LogP contribution in [0.5, 0.6) is 0 Å². The quantitative estimate of drug-likeness (QED) is 0.884. The van der Waals surface area contributed by atoms with Crippen molar-refractivity contribution in [1.82, 2.24) is 0 Å². The van der Waals surface area contributed by atoms with Gasteiger partial charge in [0.15, 0.2) is 0 Å². The summed E-state index contributed by atoms with van der Waals surface area (Å²) in [6, 6.07) is 19.9. The first-order valence-corrected chi connectivity index (χ1v) is 6.97. The molecule has 0 bridgehead atoms. The van der Waals surface area contributed by atoms with Crippen LogP contribution < -0.4 is 10.6 Å². The average molecular weight is 252 g/mol. The molecule has 1 aliphatic rings. The zero-order valence-electron chi connectivity index (χ0n) is 11.1. The van der Waals surface area contributed by atoms with E-state index in [-0.39, 0.29) is 0 Å². The molecule has 2 N–H and O–H groups in total. The Kier molecular flexibility index (Phi) is 3.51. The predicted octanol–water partition coefficient (Wildman–Crippen LogP) is 3.31. The Bertz CT molecular complexity index is 532. The summed E-state index contributed by atoms with van der Waals surface area (Å²) >= 11 is 0. The zero-order chi connectivity index (χ0) is 13.1. The summed E-state index contributed by atoms with van der Waals surface area (Å²) in [5.74, 6) is 0. The molecule has 0 saturated heterocycles. The molecule has 0 radical (unpaired) electrons. The molecule has 0 atom stereocenters. The minimum atomic E-state index is 0.605. The number of hydrogen-bond acceptors (Lipinski definition) is 2. The summed E-state index contributed by atoms with van der Waals surface area (Å²) in [6.07, 6.45) is 2.59. The van der Waals surface area contributed by atoms with Gasteiger partial charge in [0.25, 0.3) is 0 Å². The molecule has 0 amide bonds. The van der Waals surface area contributed by atoms with Crippen LogP contribution in [0.3, 0.4) is 0 Å². The van der Waals surface area contributed by atoms with Gasteiger partial charge in [-0.2, -0.15) is 0 Å². The van der Waals surface area contributed by atoms with Gasteiger partial charge in [0, 0.05) is 24.8 Å². The van der Waals surface area contributed by atoms with Gasteiger partial charge in [-0.25, -0.2) is 0 Å². The van der Waals surface area contributed by atoms with Crippen LogP contribution in [-0.2, 0) is 13.1 Å². The van der Waals surface area contributed by atoms with Crippen molar-refractivity contribution in [1.29, 1.82) is 0 Å². The van der Waals surface area contributed by atoms with Gasteiger partial charge in [0.1, 0.15) is 0 Å². The summed E-state index contributed by atoms with van der Waals surface area (Å²) in [4.78, 5) is 2.51. The number of rotatable bonds is 5. The average Bonchev–Trinajstić information content (AvgIpc) is 3.30. The van der Waals surface area contributed by atoms with Crippen LogP contribution in [0.4, 0.5) is 5.69 Å². The van der Waals surface area contributed by atoms with Crippen molar-refractivity contribution >= 4 is 5.69 Å². The maximum absolute atomic E-state index is 5.88. The molecule has 0 heterocycles.